The maximum absolute atomic E-state index is 12.4. The minimum atomic E-state index is -0.276. The predicted octanol–water partition coefficient (Wildman–Crippen LogP) is 5.37. The smallest absolute Gasteiger partial charge is 0.271 e. The molecule has 162 valence electrons. The van der Waals surface area contributed by atoms with Crippen molar-refractivity contribution in [2.75, 3.05) is 14.2 Å². The van der Waals surface area contributed by atoms with Crippen molar-refractivity contribution in [3.8, 4) is 11.5 Å². The second-order valence-electron chi connectivity index (χ2n) is 6.78. The number of carbonyl (C=O) groups is 1. The summed E-state index contributed by atoms with van der Waals surface area (Å²) in [6.45, 7) is 0. The highest BCUT2D eigenvalue weighted by atomic mass is 32.2. The fraction of sp³-hybridized carbons (Fsp3) is 0.125. The monoisotopic (exact) mass is 463 g/mol. The molecule has 1 aromatic heterocycles. The summed E-state index contributed by atoms with van der Waals surface area (Å²) >= 11 is 3.39. The number of rotatable bonds is 8. The number of fused-ring (bicyclic) bond motifs is 1. The van der Waals surface area contributed by atoms with Crippen LogP contribution in [0.3, 0.4) is 0 Å². The summed E-state index contributed by atoms with van der Waals surface area (Å²) in [5.74, 6) is 1.81. The van der Waals surface area contributed by atoms with E-state index in [9.17, 15) is 4.79 Å². The average Bonchev–Trinajstić information content (AvgIpc) is 3.26. The largest absolute Gasteiger partial charge is 0.497 e. The Morgan fingerprint density at radius 1 is 1.06 bits per heavy atom. The van der Waals surface area contributed by atoms with E-state index < -0.39 is 0 Å². The zero-order valence-electron chi connectivity index (χ0n) is 17.6. The minimum absolute atomic E-state index is 0.276. The van der Waals surface area contributed by atoms with Gasteiger partial charge in [-0.25, -0.2) is 10.4 Å². The van der Waals surface area contributed by atoms with E-state index in [1.807, 2.05) is 30.3 Å². The van der Waals surface area contributed by atoms with Crippen LogP contribution in [-0.4, -0.2) is 31.3 Å². The molecule has 0 fully saturated rings. The van der Waals surface area contributed by atoms with E-state index in [0.29, 0.717) is 17.1 Å². The molecular weight excluding hydrogens is 442 g/mol. The van der Waals surface area contributed by atoms with Gasteiger partial charge in [0.15, 0.2) is 4.34 Å². The highest BCUT2D eigenvalue weighted by Crippen LogP contribution is 2.31. The van der Waals surface area contributed by atoms with Crippen LogP contribution in [0.25, 0.3) is 10.2 Å². The van der Waals surface area contributed by atoms with E-state index in [1.165, 1.54) is 4.70 Å². The van der Waals surface area contributed by atoms with Gasteiger partial charge in [-0.3, -0.25) is 4.79 Å². The van der Waals surface area contributed by atoms with Crippen molar-refractivity contribution in [1.29, 1.82) is 0 Å². The van der Waals surface area contributed by atoms with Crippen molar-refractivity contribution < 1.29 is 14.3 Å². The highest BCUT2D eigenvalue weighted by Gasteiger charge is 2.07. The quantitative estimate of drug-likeness (QED) is 0.216. The summed E-state index contributed by atoms with van der Waals surface area (Å²) in [5.41, 5.74) is 5.99. The van der Waals surface area contributed by atoms with Crippen LogP contribution in [0.5, 0.6) is 11.5 Å². The molecule has 0 bridgehead atoms. The van der Waals surface area contributed by atoms with Gasteiger partial charge in [0.2, 0.25) is 0 Å². The molecule has 0 radical (unpaired) electrons. The van der Waals surface area contributed by atoms with Crippen LogP contribution in [0.1, 0.15) is 21.5 Å². The molecule has 0 aliphatic rings. The van der Waals surface area contributed by atoms with Gasteiger partial charge in [0.25, 0.3) is 5.91 Å². The SMILES string of the molecule is COc1cc(C=NNC(=O)c2ccc(CSc3nc4ccccc4s3)cc2)cc(OC)c1. The van der Waals surface area contributed by atoms with Gasteiger partial charge in [0.05, 0.1) is 30.7 Å². The number of aromatic nitrogens is 1. The van der Waals surface area contributed by atoms with Crippen LogP contribution in [0.2, 0.25) is 0 Å². The zero-order valence-corrected chi connectivity index (χ0v) is 19.2. The number of methoxy groups -OCH3 is 2. The lowest BCUT2D eigenvalue weighted by atomic mass is 10.1. The van der Waals surface area contributed by atoms with Crippen LogP contribution in [0.4, 0.5) is 0 Å². The maximum atomic E-state index is 12.4. The molecule has 0 aliphatic heterocycles. The number of benzene rings is 3. The van der Waals surface area contributed by atoms with Crippen LogP contribution in [-0.2, 0) is 5.75 Å². The topological polar surface area (TPSA) is 72.8 Å². The van der Waals surface area contributed by atoms with Crippen LogP contribution in [0, 0.1) is 0 Å². The van der Waals surface area contributed by atoms with E-state index >= 15 is 0 Å². The van der Waals surface area contributed by atoms with Crippen molar-refractivity contribution in [3.05, 3.63) is 83.4 Å². The first-order valence-electron chi connectivity index (χ1n) is 9.78. The summed E-state index contributed by atoms with van der Waals surface area (Å²) in [6, 6.07) is 21.0. The predicted molar refractivity (Wildman–Crippen MR) is 130 cm³/mol. The molecule has 32 heavy (non-hydrogen) atoms. The Kier molecular flexibility index (Phi) is 7.03. The van der Waals surface area contributed by atoms with E-state index in [2.05, 4.69) is 21.6 Å². The van der Waals surface area contributed by atoms with E-state index in [4.69, 9.17) is 9.47 Å². The van der Waals surface area contributed by atoms with Gasteiger partial charge in [0.1, 0.15) is 11.5 Å². The standard InChI is InChI=1S/C24H21N3O3S2/c1-29-19-11-17(12-20(13-19)30-2)14-25-27-23(28)18-9-7-16(8-10-18)15-31-24-26-21-5-3-4-6-22(21)32-24/h3-14H,15H2,1-2H3,(H,27,28). The molecule has 0 unspecified atom stereocenters. The lowest BCUT2D eigenvalue weighted by Crippen LogP contribution is -2.17. The van der Waals surface area contributed by atoms with Gasteiger partial charge in [-0.05, 0) is 42.0 Å². The van der Waals surface area contributed by atoms with Crippen molar-refractivity contribution in [3.63, 3.8) is 0 Å². The Bertz CT molecular complexity index is 1200. The third kappa shape index (κ3) is 5.46. The molecule has 0 saturated carbocycles. The molecule has 3 aromatic carbocycles. The zero-order chi connectivity index (χ0) is 22.3. The van der Waals surface area contributed by atoms with Crippen LogP contribution in [0.15, 0.2) is 76.2 Å². The molecule has 1 amide bonds. The van der Waals surface area contributed by atoms with E-state index in [0.717, 1.165) is 26.7 Å². The lowest BCUT2D eigenvalue weighted by molar-refractivity contribution is 0.0955. The average molecular weight is 464 g/mol. The Labute approximate surface area is 194 Å². The number of thiazole rings is 1. The number of ether oxygens (including phenoxy) is 2. The summed E-state index contributed by atoms with van der Waals surface area (Å²) in [4.78, 5) is 17.0. The number of thioether (sulfide) groups is 1. The highest BCUT2D eigenvalue weighted by molar-refractivity contribution is 8.00. The Morgan fingerprint density at radius 3 is 2.47 bits per heavy atom. The Hall–Kier alpha value is -3.36. The molecule has 1 heterocycles. The first-order chi connectivity index (χ1) is 15.6. The summed E-state index contributed by atoms with van der Waals surface area (Å²) in [6.07, 6.45) is 1.55. The van der Waals surface area contributed by atoms with Crippen molar-refractivity contribution in [2.45, 2.75) is 10.1 Å². The van der Waals surface area contributed by atoms with E-state index in [1.54, 1.807) is 73.9 Å². The number of amides is 1. The van der Waals surface area contributed by atoms with Gasteiger partial charge in [-0.2, -0.15) is 5.10 Å². The molecule has 6 nitrogen and oxygen atoms in total. The number of hydrazone groups is 1. The number of nitrogens with zero attached hydrogens (tertiary/aromatic N) is 2. The Morgan fingerprint density at radius 2 is 1.78 bits per heavy atom. The molecule has 0 aliphatic carbocycles. The first kappa shape index (κ1) is 21.9. The minimum Gasteiger partial charge on any atom is -0.497 e. The van der Waals surface area contributed by atoms with E-state index in [-0.39, 0.29) is 5.91 Å². The number of para-hydroxylation sites is 1. The van der Waals surface area contributed by atoms with Gasteiger partial charge >= 0.3 is 0 Å². The van der Waals surface area contributed by atoms with Gasteiger partial charge in [-0.15, -0.1) is 11.3 Å². The summed E-state index contributed by atoms with van der Waals surface area (Å²) in [5, 5.41) is 4.04. The molecule has 1 N–H and O–H groups in total. The number of hydrogen-bond acceptors (Lipinski definition) is 7. The number of carbonyl (C=O) groups excluding carboxylic acids is 1. The van der Waals surface area contributed by atoms with Crippen LogP contribution >= 0.6 is 23.1 Å². The van der Waals surface area contributed by atoms with Crippen molar-refractivity contribution >= 4 is 45.4 Å². The normalized spacial score (nSPS) is 11.1. The number of hydrogen-bond donors (Lipinski definition) is 1. The molecule has 8 heteroatoms. The third-order valence-corrected chi connectivity index (χ3v) is 6.86. The second kappa shape index (κ2) is 10.3. The maximum Gasteiger partial charge on any atom is 0.271 e. The third-order valence-electron chi connectivity index (χ3n) is 4.61. The molecule has 0 atom stereocenters. The molecular formula is C24H21N3O3S2. The lowest BCUT2D eigenvalue weighted by Gasteiger charge is -2.05. The molecule has 4 rings (SSSR count). The number of nitrogens with one attached hydrogen (secondary N) is 1. The van der Waals surface area contributed by atoms with Crippen molar-refractivity contribution in [2.24, 2.45) is 5.10 Å². The second-order valence-corrected chi connectivity index (χ2v) is 9.03. The molecule has 4 aromatic rings. The summed E-state index contributed by atoms with van der Waals surface area (Å²) in [7, 11) is 3.16. The first-order valence-corrected chi connectivity index (χ1v) is 11.6. The molecule has 0 spiro atoms. The van der Waals surface area contributed by atoms with Gasteiger partial charge in [-0.1, -0.05) is 36.0 Å². The fourth-order valence-corrected chi connectivity index (χ4v) is 4.97. The molecule has 0 saturated heterocycles. The fourth-order valence-electron chi connectivity index (χ4n) is 2.94. The Balaban J connectivity index is 1.33. The van der Waals surface area contributed by atoms with Gasteiger partial charge in [0, 0.05) is 22.9 Å². The van der Waals surface area contributed by atoms with Crippen molar-refractivity contribution in [1.82, 2.24) is 10.4 Å². The van der Waals surface area contributed by atoms with Crippen LogP contribution < -0.4 is 14.9 Å². The summed E-state index contributed by atoms with van der Waals surface area (Å²) < 4.78 is 12.7. The van der Waals surface area contributed by atoms with Gasteiger partial charge < -0.3 is 9.47 Å².